The molecule has 0 aliphatic rings. The number of halogens is 3. The van der Waals surface area contributed by atoms with E-state index >= 15 is 0 Å². The van der Waals surface area contributed by atoms with Crippen molar-refractivity contribution in [2.75, 3.05) is 0 Å². The van der Waals surface area contributed by atoms with Crippen molar-refractivity contribution in [2.24, 2.45) is 5.73 Å². The first-order valence-corrected chi connectivity index (χ1v) is 5.16. The predicted molar refractivity (Wildman–Crippen MR) is 59.5 cm³/mol. The van der Waals surface area contributed by atoms with E-state index in [4.69, 9.17) is 5.73 Å². The van der Waals surface area contributed by atoms with Crippen molar-refractivity contribution in [2.45, 2.75) is 12.2 Å². The number of nitrogens with zero attached hydrogens (tertiary/aromatic N) is 2. The van der Waals surface area contributed by atoms with Gasteiger partial charge in [-0.25, -0.2) is 9.97 Å². The standard InChI is InChI=1S/C12H10F3N3/c13-12(14,15)10-3-1-2-8(4-10)11(16)9-5-17-7-18-6-9/h1-7,11H,16H2. The molecule has 0 amide bonds. The molecular weight excluding hydrogens is 243 g/mol. The number of nitrogens with two attached hydrogens (primary N) is 1. The van der Waals surface area contributed by atoms with Crippen LogP contribution in [0, 0.1) is 0 Å². The van der Waals surface area contributed by atoms with Crippen LogP contribution in [0.5, 0.6) is 0 Å². The molecule has 2 aromatic rings. The molecule has 0 fully saturated rings. The summed E-state index contributed by atoms with van der Waals surface area (Å²) in [5.41, 5.74) is 6.11. The normalized spacial score (nSPS) is 13.3. The van der Waals surface area contributed by atoms with Crippen LogP contribution in [0.4, 0.5) is 13.2 Å². The lowest BCUT2D eigenvalue weighted by molar-refractivity contribution is -0.137. The van der Waals surface area contributed by atoms with Crippen LogP contribution in [0.15, 0.2) is 43.0 Å². The summed E-state index contributed by atoms with van der Waals surface area (Å²) in [6.45, 7) is 0. The lowest BCUT2D eigenvalue weighted by atomic mass is 10.00. The molecule has 2 rings (SSSR count). The van der Waals surface area contributed by atoms with Crippen LogP contribution in [0.25, 0.3) is 0 Å². The molecule has 1 aromatic carbocycles. The van der Waals surface area contributed by atoms with Gasteiger partial charge in [-0.15, -0.1) is 0 Å². The minimum Gasteiger partial charge on any atom is -0.320 e. The Morgan fingerprint density at radius 3 is 2.33 bits per heavy atom. The van der Waals surface area contributed by atoms with Gasteiger partial charge in [-0.2, -0.15) is 13.2 Å². The minimum atomic E-state index is -4.37. The zero-order chi connectivity index (χ0) is 13.2. The lowest BCUT2D eigenvalue weighted by Crippen LogP contribution is -2.14. The van der Waals surface area contributed by atoms with E-state index < -0.39 is 17.8 Å². The molecule has 6 heteroatoms. The minimum absolute atomic E-state index is 0.375. The maximum Gasteiger partial charge on any atom is 0.416 e. The van der Waals surface area contributed by atoms with Crippen LogP contribution in [-0.4, -0.2) is 9.97 Å². The van der Waals surface area contributed by atoms with Crippen LogP contribution < -0.4 is 5.73 Å². The van der Waals surface area contributed by atoms with Gasteiger partial charge in [0, 0.05) is 18.0 Å². The zero-order valence-electron chi connectivity index (χ0n) is 9.22. The first kappa shape index (κ1) is 12.5. The van der Waals surface area contributed by atoms with Gasteiger partial charge in [0.25, 0.3) is 0 Å². The van der Waals surface area contributed by atoms with Gasteiger partial charge in [-0.3, -0.25) is 0 Å². The molecule has 0 saturated carbocycles. The fraction of sp³-hybridized carbons (Fsp3) is 0.167. The molecule has 0 aliphatic heterocycles. The summed E-state index contributed by atoms with van der Waals surface area (Å²) in [6, 6.07) is 4.26. The first-order valence-electron chi connectivity index (χ1n) is 5.16. The smallest absolute Gasteiger partial charge is 0.320 e. The Morgan fingerprint density at radius 2 is 1.72 bits per heavy atom. The average Bonchev–Trinajstić information content (AvgIpc) is 2.38. The van der Waals surface area contributed by atoms with Crippen molar-refractivity contribution in [3.63, 3.8) is 0 Å². The fourth-order valence-corrected chi connectivity index (χ4v) is 1.57. The molecule has 1 atom stereocenters. The van der Waals surface area contributed by atoms with E-state index in [0.717, 1.165) is 12.1 Å². The van der Waals surface area contributed by atoms with Crippen molar-refractivity contribution >= 4 is 0 Å². The van der Waals surface area contributed by atoms with E-state index in [-0.39, 0.29) is 0 Å². The molecule has 94 valence electrons. The van der Waals surface area contributed by atoms with Gasteiger partial charge in [-0.1, -0.05) is 12.1 Å². The van der Waals surface area contributed by atoms with Gasteiger partial charge in [0.05, 0.1) is 11.6 Å². The summed E-state index contributed by atoms with van der Waals surface area (Å²) < 4.78 is 37.7. The number of hydrogen-bond acceptors (Lipinski definition) is 3. The van der Waals surface area contributed by atoms with Gasteiger partial charge in [0.1, 0.15) is 6.33 Å². The first-order chi connectivity index (χ1) is 8.48. The zero-order valence-corrected chi connectivity index (χ0v) is 9.22. The van der Waals surface area contributed by atoms with E-state index in [1.807, 2.05) is 0 Å². The van der Waals surface area contributed by atoms with Gasteiger partial charge in [0.15, 0.2) is 0 Å². The van der Waals surface area contributed by atoms with E-state index in [1.165, 1.54) is 24.8 Å². The third kappa shape index (κ3) is 2.65. The molecule has 0 aliphatic carbocycles. The summed E-state index contributed by atoms with van der Waals surface area (Å²) in [5.74, 6) is 0. The Bertz CT molecular complexity index is 526. The summed E-state index contributed by atoms with van der Waals surface area (Å²) in [5, 5.41) is 0. The molecule has 0 bridgehead atoms. The molecule has 0 saturated heterocycles. The summed E-state index contributed by atoms with van der Waals surface area (Å²) in [4.78, 5) is 7.58. The number of aromatic nitrogens is 2. The largest absolute Gasteiger partial charge is 0.416 e. The molecule has 1 aromatic heterocycles. The topological polar surface area (TPSA) is 51.8 Å². The van der Waals surface area contributed by atoms with Crippen LogP contribution in [0.3, 0.4) is 0 Å². The van der Waals surface area contributed by atoms with E-state index in [0.29, 0.717) is 11.1 Å². The molecule has 18 heavy (non-hydrogen) atoms. The Morgan fingerprint density at radius 1 is 1.06 bits per heavy atom. The highest BCUT2D eigenvalue weighted by Crippen LogP contribution is 2.31. The quantitative estimate of drug-likeness (QED) is 0.894. The van der Waals surface area contributed by atoms with Crippen molar-refractivity contribution in [3.05, 3.63) is 59.7 Å². The molecular formula is C12H10F3N3. The molecule has 0 radical (unpaired) electrons. The number of rotatable bonds is 2. The second-order valence-corrected chi connectivity index (χ2v) is 3.77. The Labute approximate surface area is 101 Å². The molecule has 3 nitrogen and oxygen atoms in total. The third-order valence-electron chi connectivity index (χ3n) is 2.51. The molecule has 0 spiro atoms. The van der Waals surface area contributed by atoms with Crippen molar-refractivity contribution in [3.8, 4) is 0 Å². The average molecular weight is 253 g/mol. The molecule has 2 N–H and O–H groups in total. The monoisotopic (exact) mass is 253 g/mol. The molecule has 1 heterocycles. The van der Waals surface area contributed by atoms with Crippen LogP contribution in [0.1, 0.15) is 22.7 Å². The molecule has 1 unspecified atom stereocenters. The fourth-order valence-electron chi connectivity index (χ4n) is 1.57. The Kier molecular flexibility index (Phi) is 3.29. The number of hydrogen-bond donors (Lipinski definition) is 1. The highest BCUT2D eigenvalue weighted by atomic mass is 19.4. The van der Waals surface area contributed by atoms with Gasteiger partial charge in [-0.05, 0) is 17.7 Å². The Hall–Kier alpha value is -1.95. The van der Waals surface area contributed by atoms with Gasteiger partial charge in [0.2, 0.25) is 0 Å². The summed E-state index contributed by atoms with van der Waals surface area (Å²) in [7, 11) is 0. The van der Waals surface area contributed by atoms with Crippen molar-refractivity contribution in [1.29, 1.82) is 0 Å². The van der Waals surface area contributed by atoms with Crippen LogP contribution in [0.2, 0.25) is 0 Å². The number of alkyl halides is 3. The van der Waals surface area contributed by atoms with Crippen molar-refractivity contribution in [1.82, 2.24) is 9.97 Å². The van der Waals surface area contributed by atoms with Crippen LogP contribution in [-0.2, 0) is 6.18 Å². The van der Waals surface area contributed by atoms with Crippen molar-refractivity contribution < 1.29 is 13.2 Å². The van der Waals surface area contributed by atoms with E-state index in [2.05, 4.69) is 9.97 Å². The van der Waals surface area contributed by atoms with E-state index in [1.54, 1.807) is 6.07 Å². The SMILES string of the molecule is NC(c1cncnc1)c1cccc(C(F)(F)F)c1. The summed E-state index contributed by atoms with van der Waals surface area (Å²) >= 11 is 0. The maximum absolute atomic E-state index is 12.6. The second kappa shape index (κ2) is 4.73. The third-order valence-corrected chi connectivity index (χ3v) is 2.51. The lowest BCUT2D eigenvalue weighted by Gasteiger charge is -2.14. The Balaban J connectivity index is 2.35. The van der Waals surface area contributed by atoms with E-state index in [9.17, 15) is 13.2 Å². The van der Waals surface area contributed by atoms with Crippen LogP contribution >= 0.6 is 0 Å². The predicted octanol–water partition coefficient (Wildman–Crippen LogP) is 2.54. The van der Waals surface area contributed by atoms with Gasteiger partial charge < -0.3 is 5.73 Å². The highest BCUT2D eigenvalue weighted by Gasteiger charge is 2.30. The van der Waals surface area contributed by atoms with Gasteiger partial charge >= 0.3 is 6.18 Å². The highest BCUT2D eigenvalue weighted by molar-refractivity contribution is 5.32. The second-order valence-electron chi connectivity index (χ2n) is 3.77. The maximum atomic E-state index is 12.6. The number of benzene rings is 1. The summed E-state index contributed by atoms with van der Waals surface area (Å²) in [6.07, 6.45) is -0.0683.